The SMILES string of the molecule is COC(=O)CC(=O)N(Cc1ccccc1)[C@@H]1C=C[C@H](OC(C)=O)CC1. The molecule has 0 aromatic heterocycles. The van der Waals surface area contributed by atoms with Crippen LogP contribution < -0.4 is 0 Å². The maximum absolute atomic E-state index is 12.6. The first-order valence-corrected chi connectivity index (χ1v) is 8.25. The van der Waals surface area contributed by atoms with Gasteiger partial charge in [-0.1, -0.05) is 36.4 Å². The van der Waals surface area contributed by atoms with Crippen molar-refractivity contribution < 1.29 is 23.9 Å². The summed E-state index contributed by atoms with van der Waals surface area (Å²) in [5, 5.41) is 0. The molecule has 0 spiro atoms. The summed E-state index contributed by atoms with van der Waals surface area (Å²) in [5.41, 5.74) is 0.983. The van der Waals surface area contributed by atoms with Gasteiger partial charge < -0.3 is 14.4 Å². The minimum absolute atomic E-state index is 0.149. The summed E-state index contributed by atoms with van der Waals surface area (Å²) in [7, 11) is 1.27. The smallest absolute Gasteiger partial charge is 0.315 e. The van der Waals surface area contributed by atoms with Gasteiger partial charge in [-0.15, -0.1) is 0 Å². The fourth-order valence-corrected chi connectivity index (χ4v) is 2.82. The Labute approximate surface area is 147 Å². The Morgan fingerprint density at radius 2 is 1.84 bits per heavy atom. The number of amides is 1. The molecule has 0 bridgehead atoms. The monoisotopic (exact) mass is 345 g/mol. The third-order valence-electron chi connectivity index (χ3n) is 4.05. The molecule has 134 valence electrons. The van der Waals surface area contributed by atoms with Crippen molar-refractivity contribution >= 4 is 17.8 Å². The molecule has 1 aromatic carbocycles. The Morgan fingerprint density at radius 3 is 2.40 bits per heavy atom. The lowest BCUT2D eigenvalue weighted by Gasteiger charge is -2.33. The lowest BCUT2D eigenvalue weighted by Crippen LogP contribution is -2.41. The molecule has 6 heteroatoms. The van der Waals surface area contributed by atoms with Crippen molar-refractivity contribution in [2.24, 2.45) is 0 Å². The van der Waals surface area contributed by atoms with Crippen molar-refractivity contribution in [3.8, 4) is 0 Å². The molecule has 0 heterocycles. The second-order valence-corrected chi connectivity index (χ2v) is 5.94. The lowest BCUT2D eigenvalue weighted by atomic mass is 9.98. The number of nitrogens with zero attached hydrogens (tertiary/aromatic N) is 1. The Morgan fingerprint density at radius 1 is 1.12 bits per heavy atom. The number of ether oxygens (including phenoxy) is 2. The van der Waals surface area contributed by atoms with Crippen molar-refractivity contribution in [2.75, 3.05) is 7.11 Å². The molecular formula is C19H23NO5. The van der Waals surface area contributed by atoms with E-state index in [0.29, 0.717) is 19.4 Å². The Kier molecular flexibility index (Phi) is 6.74. The Bertz CT molecular complexity index is 640. The molecule has 0 unspecified atom stereocenters. The number of rotatable bonds is 6. The highest BCUT2D eigenvalue weighted by Gasteiger charge is 2.27. The van der Waals surface area contributed by atoms with Crippen LogP contribution in [0.3, 0.4) is 0 Å². The van der Waals surface area contributed by atoms with Crippen LogP contribution in [0.25, 0.3) is 0 Å². The Hall–Kier alpha value is -2.63. The van der Waals surface area contributed by atoms with Gasteiger partial charge in [0.25, 0.3) is 0 Å². The minimum Gasteiger partial charge on any atom is -0.469 e. The molecule has 1 aliphatic rings. The highest BCUT2D eigenvalue weighted by atomic mass is 16.5. The first kappa shape index (κ1) is 18.7. The van der Waals surface area contributed by atoms with Gasteiger partial charge in [-0.25, -0.2) is 0 Å². The van der Waals surface area contributed by atoms with Crippen LogP contribution in [-0.4, -0.2) is 42.0 Å². The summed E-state index contributed by atoms with van der Waals surface area (Å²) >= 11 is 0. The van der Waals surface area contributed by atoms with E-state index in [1.807, 2.05) is 36.4 Å². The van der Waals surface area contributed by atoms with Crippen molar-refractivity contribution in [2.45, 2.75) is 44.9 Å². The van der Waals surface area contributed by atoms with Crippen LogP contribution in [0.2, 0.25) is 0 Å². The van der Waals surface area contributed by atoms with Gasteiger partial charge in [-0.05, 0) is 24.5 Å². The van der Waals surface area contributed by atoms with Crippen LogP contribution in [0.4, 0.5) is 0 Å². The molecule has 0 radical (unpaired) electrons. The maximum atomic E-state index is 12.6. The summed E-state index contributed by atoms with van der Waals surface area (Å²) < 4.78 is 9.78. The molecule has 0 saturated heterocycles. The van der Waals surface area contributed by atoms with E-state index in [-0.39, 0.29) is 30.4 Å². The second kappa shape index (κ2) is 9.01. The largest absolute Gasteiger partial charge is 0.469 e. The molecule has 2 rings (SSSR count). The molecule has 1 aromatic rings. The number of hydrogen-bond acceptors (Lipinski definition) is 5. The van der Waals surface area contributed by atoms with Gasteiger partial charge in [0.05, 0.1) is 13.2 Å². The first-order valence-electron chi connectivity index (χ1n) is 8.25. The number of carbonyl (C=O) groups is 3. The average Bonchev–Trinajstić information content (AvgIpc) is 2.60. The fraction of sp³-hybridized carbons (Fsp3) is 0.421. The van der Waals surface area contributed by atoms with Crippen LogP contribution in [-0.2, 0) is 30.4 Å². The van der Waals surface area contributed by atoms with E-state index < -0.39 is 5.97 Å². The van der Waals surface area contributed by atoms with Crippen LogP contribution in [0.1, 0.15) is 31.7 Å². The van der Waals surface area contributed by atoms with E-state index in [1.54, 1.807) is 11.0 Å². The molecule has 0 N–H and O–H groups in total. The lowest BCUT2D eigenvalue weighted by molar-refractivity contribution is -0.149. The number of carbonyl (C=O) groups excluding carboxylic acids is 3. The molecule has 0 fully saturated rings. The van der Waals surface area contributed by atoms with Crippen molar-refractivity contribution in [3.05, 3.63) is 48.0 Å². The molecule has 1 amide bonds. The predicted octanol–water partition coefficient (Wildman–Crippen LogP) is 2.23. The molecule has 25 heavy (non-hydrogen) atoms. The number of methoxy groups -OCH3 is 1. The van der Waals surface area contributed by atoms with Crippen LogP contribution >= 0.6 is 0 Å². The molecule has 0 saturated carbocycles. The summed E-state index contributed by atoms with van der Waals surface area (Å²) in [6.45, 7) is 1.78. The van der Waals surface area contributed by atoms with Gasteiger partial charge in [0.15, 0.2) is 0 Å². The van der Waals surface area contributed by atoms with E-state index in [4.69, 9.17) is 4.74 Å². The zero-order valence-corrected chi connectivity index (χ0v) is 14.5. The number of esters is 2. The highest BCUT2D eigenvalue weighted by Crippen LogP contribution is 2.22. The summed E-state index contributed by atoms with van der Waals surface area (Å²) in [6.07, 6.45) is 4.42. The molecular weight excluding hydrogens is 322 g/mol. The van der Waals surface area contributed by atoms with Crippen LogP contribution in [0.15, 0.2) is 42.5 Å². The normalized spacial score (nSPS) is 19.1. The zero-order chi connectivity index (χ0) is 18.2. The van der Waals surface area contributed by atoms with Crippen LogP contribution in [0, 0.1) is 0 Å². The standard InChI is InChI=1S/C19H23NO5/c1-14(21)25-17-10-8-16(9-11-17)20(18(22)12-19(23)24-2)13-15-6-4-3-5-7-15/h3-8,10,16-17H,9,11-13H2,1-2H3/t16-,17+/m1/s1. The fourth-order valence-electron chi connectivity index (χ4n) is 2.82. The first-order chi connectivity index (χ1) is 12.0. The van der Waals surface area contributed by atoms with Crippen molar-refractivity contribution in [1.29, 1.82) is 0 Å². The minimum atomic E-state index is -0.555. The van der Waals surface area contributed by atoms with Gasteiger partial charge in [0, 0.05) is 13.5 Å². The third kappa shape index (κ3) is 5.74. The number of hydrogen-bond donors (Lipinski definition) is 0. The number of benzene rings is 1. The van der Waals surface area contributed by atoms with Gasteiger partial charge in [0.1, 0.15) is 12.5 Å². The van der Waals surface area contributed by atoms with E-state index in [0.717, 1.165) is 5.56 Å². The molecule has 0 aliphatic heterocycles. The molecule has 2 atom stereocenters. The third-order valence-corrected chi connectivity index (χ3v) is 4.05. The van der Waals surface area contributed by atoms with Crippen LogP contribution in [0.5, 0.6) is 0 Å². The quantitative estimate of drug-likeness (QED) is 0.449. The van der Waals surface area contributed by atoms with E-state index in [9.17, 15) is 14.4 Å². The van der Waals surface area contributed by atoms with Gasteiger partial charge >= 0.3 is 11.9 Å². The van der Waals surface area contributed by atoms with E-state index >= 15 is 0 Å². The average molecular weight is 345 g/mol. The van der Waals surface area contributed by atoms with Crippen molar-refractivity contribution in [1.82, 2.24) is 4.90 Å². The summed E-state index contributed by atoms with van der Waals surface area (Å²) in [4.78, 5) is 36.8. The predicted molar refractivity (Wildman–Crippen MR) is 91.3 cm³/mol. The zero-order valence-electron chi connectivity index (χ0n) is 14.5. The highest BCUT2D eigenvalue weighted by molar-refractivity contribution is 5.94. The molecule has 6 nitrogen and oxygen atoms in total. The summed E-state index contributed by atoms with van der Waals surface area (Å²) in [5.74, 6) is -1.16. The van der Waals surface area contributed by atoms with Crippen molar-refractivity contribution in [3.63, 3.8) is 0 Å². The topological polar surface area (TPSA) is 72.9 Å². The molecule has 1 aliphatic carbocycles. The second-order valence-electron chi connectivity index (χ2n) is 5.94. The summed E-state index contributed by atoms with van der Waals surface area (Å²) in [6, 6.07) is 9.45. The maximum Gasteiger partial charge on any atom is 0.315 e. The van der Waals surface area contributed by atoms with Gasteiger partial charge in [-0.3, -0.25) is 14.4 Å². The van der Waals surface area contributed by atoms with Gasteiger partial charge in [0.2, 0.25) is 5.91 Å². The van der Waals surface area contributed by atoms with Gasteiger partial charge in [-0.2, -0.15) is 0 Å². The van der Waals surface area contributed by atoms with E-state index in [2.05, 4.69) is 4.74 Å². The van der Waals surface area contributed by atoms with E-state index in [1.165, 1.54) is 14.0 Å². The Balaban J connectivity index is 2.12.